The molecule has 1 amide bonds. The molecule has 2 heterocycles. The van der Waals surface area contributed by atoms with Crippen molar-refractivity contribution in [3.63, 3.8) is 0 Å². The summed E-state index contributed by atoms with van der Waals surface area (Å²) in [7, 11) is 0. The molecule has 0 radical (unpaired) electrons. The second kappa shape index (κ2) is 5.25. The van der Waals surface area contributed by atoms with Crippen LogP contribution in [0.3, 0.4) is 0 Å². The van der Waals surface area contributed by atoms with Crippen molar-refractivity contribution in [1.29, 1.82) is 0 Å². The Hall–Kier alpha value is -1.46. The smallest absolute Gasteiger partial charge is 0.223 e. The van der Waals surface area contributed by atoms with Crippen LogP contribution in [0.1, 0.15) is 12.1 Å². The van der Waals surface area contributed by atoms with E-state index in [1.807, 2.05) is 18.2 Å². The van der Waals surface area contributed by atoms with Gasteiger partial charge in [-0.15, -0.1) is 0 Å². The van der Waals surface area contributed by atoms with Gasteiger partial charge in [0.05, 0.1) is 12.2 Å². The van der Waals surface area contributed by atoms with Crippen LogP contribution in [0, 0.1) is 0 Å². The first-order valence-electron chi connectivity index (χ1n) is 5.70. The van der Waals surface area contributed by atoms with Crippen molar-refractivity contribution in [3.05, 3.63) is 30.1 Å². The van der Waals surface area contributed by atoms with Gasteiger partial charge in [0.1, 0.15) is 0 Å². The molecule has 0 aromatic carbocycles. The molecule has 2 atom stereocenters. The van der Waals surface area contributed by atoms with E-state index in [0.29, 0.717) is 12.8 Å². The molecule has 1 fully saturated rings. The molecular weight excluding hydrogens is 220 g/mol. The number of nitrogens with zero attached hydrogens (tertiary/aromatic N) is 2. The first-order chi connectivity index (χ1) is 8.16. The summed E-state index contributed by atoms with van der Waals surface area (Å²) in [5.74, 6) is -0.0498. The van der Waals surface area contributed by atoms with Crippen LogP contribution < -0.4 is 0 Å². The topological polar surface area (TPSA) is 73.7 Å². The van der Waals surface area contributed by atoms with Crippen molar-refractivity contribution in [1.82, 2.24) is 9.88 Å². The Labute approximate surface area is 99.7 Å². The number of likely N-dealkylation sites (tertiary alicyclic amines) is 1. The number of amides is 1. The molecule has 1 aromatic heterocycles. The lowest BCUT2D eigenvalue weighted by Gasteiger charge is -2.14. The zero-order valence-electron chi connectivity index (χ0n) is 9.49. The quantitative estimate of drug-likeness (QED) is 0.747. The Morgan fingerprint density at radius 2 is 2.06 bits per heavy atom. The van der Waals surface area contributed by atoms with Crippen molar-refractivity contribution in [2.75, 3.05) is 13.1 Å². The van der Waals surface area contributed by atoms with E-state index < -0.39 is 12.2 Å². The number of aromatic nitrogens is 1. The molecule has 0 saturated carbocycles. The van der Waals surface area contributed by atoms with Gasteiger partial charge >= 0.3 is 0 Å². The normalized spacial score (nSPS) is 24.0. The van der Waals surface area contributed by atoms with Crippen molar-refractivity contribution < 1.29 is 15.0 Å². The van der Waals surface area contributed by atoms with Crippen molar-refractivity contribution >= 4 is 5.91 Å². The maximum Gasteiger partial charge on any atom is 0.223 e. The summed E-state index contributed by atoms with van der Waals surface area (Å²) in [5, 5.41) is 18.7. The molecule has 0 spiro atoms. The van der Waals surface area contributed by atoms with E-state index in [1.165, 1.54) is 4.90 Å². The molecule has 0 bridgehead atoms. The number of pyridine rings is 1. The molecule has 5 nitrogen and oxygen atoms in total. The maximum absolute atomic E-state index is 11.8. The van der Waals surface area contributed by atoms with E-state index in [2.05, 4.69) is 4.98 Å². The van der Waals surface area contributed by atoms with Gasteiger partial charge in [-0.25, -0.2) is 0 Å². The highest BCUT2D eigenvalue weighted by Crippen LogP contribution is 2.12. The van der Waals surface area contributed by atoms with Crippen LogP contribution in [-0.2, 0) is 11.2 Å². The first kappa shape index (κ1) is 12.0. The number of hydrogen-bond donors (Lipinski definition) is 2. The molecule has 1 aromatic rings. The average Bonchev–Trinajstić information content (AvgIpc) is 2.68. The Balaban J connectivity index is 1.82. The molecule has 1 saturated heterocycles. The van der Waals surface area contributed by atoms with Crippen LogP contribution in [0.2, 0.25) is 0 Å². The molecule has 0 aliphatic carbocycles. The fraction of sp³-hybridized carbons (Fsp3) is 0.500. The summed E-state index contributed by atoms with van der Waals surface area (Å²) in [6.45, 7) is 0.449. The van der Waals surface area contributed by atoms with E-state index >= 15 is 0 Å². The Morgan fingerprint density at radius 1 is 1.35 bits per heavy atom. The SMILES string of the molecule is O=C(CCc1ccccn1)N1C[C@@H](O)[C@@H](O)C1. The number of hydrogen-bond acceptors (Lipinski definition) is 4. The van der Waals surface area contributed by atoms with E-state index in [4.69, 9.17) is 0 Å². The Bertz CT molecular complexity index is 373. The van der Waals surface area contributed by atoms with Crippen molar-refractivity contribution in [2.45, 2.75) is 25.0 Å². The number of β-amino-alcohol motifs (C(OH)–C–C–N with tert-alkyl or cyclic N) is 2. The van der Waals surface area contributed by atoms with Crippen LogP contribution in [0.4, 0.5) is 0 Å². The predicted molar refractivity (Wildman–Crippen MR) is 61.2 cm³/mol. The van der Waals surface area contributed by atoms with Crippen molar-refractivity contribution in [2.24, 2.45) is 0 Å². The number of aliphatic hydroxyl groups excluding tert-OH is 2. The van der Waals surface area contributed by atoms with Gasteiger partial charge in [-0.3, -0.25) is 9.78 Å². The molecule has 17 heavy (non-hydrogen) atoms. The van der Waals surface area contributed by atoms with Crippen LogP contribution in [0.15, 0.2) is 24.4 Å². The standard InChI is InChI=1S/C12H16N2O3/c15-10-7-14(8-11(10)16)12(17)5-4-9-3-1-2-6-13-9/h1-3,6,10-11,15-16H,4-5,7-8H2/t10-,11+. The number of carbonyl (C=O) groups excluding carboxylic acids is 1. The van der Waals surface area contributed by atoms with Crippen molar-refractivity contribution in [3.8, 4) is 0 Å². The molecule has 1 aliphatic heterocycles. The lowest BCUT2D eigenvalue weighted by atomic mass is 10.2. The molecule has 2 N–H and O–H groups in total. The number of aliphatic hydroxyl groups is 2. The zero-order valence-corrected chi connectivity index (χ0v) is 9.49. The van der Waals surface area contributed by atoms with Gasteiger partial charge in [0.15, 0.2) is 0 Å². The minimum Gasteiger partial charge on any atom is -0.388 e. The summed E-state index contributed by atoms with van der Waals surface area (Å²) < 4.78 is 0. The average molecular weight is 236 g/mol. The van der Waals surface area contributed by atoms with E-state index in [9.17, 15) is 15.0 Å². The van der Waals surface area contributed by atoms with Gasteiger partial charge in [0, 0.05) is 31.4 Å². The van der Waals surface area contributed by atoms with Gasteiger partial charge in [-0.2, -0.15) is 0 Å². The van der Waals surface area contributed by atoms with Gasteiger partial charge in [0.2, 0.25) is 5.91 Å². The third-order valence-corrected chi connectivity index (χ3v) is 2.93. The van der Waals surface area contributed by atoms with Crippen LogP contribution in [0.25, 0.3) is 0 Å². The highest BCUT2D eigenvalue weighted by atomic mass is 16.3. The van der Waals surface area contributed by atoms with E-state index in [1.54, 1.807) is 6.20 Å². The highest BCUT2D eigenvalue weighted by Gasteiger charge is 2.31. The second-order valence-corrected chi connectivity index (χ2v) is 4.25. The second-order valence-electron chi connectivity index (χ2n) is 4.25. The Kier molecular flexibility index (Phi) is 3.71. The minimum atomic E-state index is -0.811. The minimum absolute atomic E-state index is 0.0498. The summed E-state index contributed by atoms with van der Waals surface area (Å²) in [5.41, 5.74) is 0.876. The molecule has 0 unspecified atom stereocenters. The highest BCUT2D eigenvalue weighted by molar-refractivity contribution is 5.76. The first-order valence-corrected chi connectivity index (χ1v) is 5.70. The largest absolute Gasteiger partial charge is 0.388 e. The summed E-state index contributed by atoms with van der Waals surface area (Å²) >= 11 is 0. The molecule has 2 rings (SSSR count). The predicted octanol–water partition coefficient (Wildman–Crippen LogP) is -0.422. The summed E-state index contributed by atoms with van der Waals surface area (Å²) in [6.07, 6.45) is 1.02. The zero-order chi connectivity index (χ0) is 12.3. The molecule has 92 valence electrons. The monoisotopic (exact) mass is 236 g/mol. The number of carbonyl (C=O) groups is 1. The van der Waals surface area contributed by atoms with Crippen LogP contribution in [0.5, 0.6) is 0 Å². The van der Waals surface area contributed by atoms with E-state index in [0.717, 1.165) is 5.69 Å². The van der Waals surface area contributed by atoms with Crippen LogP contribution >= 0.6 is 0 Å². The third-order valence-electron chi connectivity index (χ3n) is 2.93. The lowest BCUT2D eigenvalue weighted by molar-refractivity contribution is -0.130. The van der Waals surface area contributed by atoms with E-state index in [-0.39, 0.29) is 19.0 Å². The summed E-state index contributed by atoms with van der Waals surface area (Å²) in [4.78, 5) is 17.4. The van der Waals surface area contributed by atoms with Gasteiger partial charge in [-0.05, 0) is 18.6 Å². The Morgan fingerprint density at radius 3 is 2.65 bits per heavy atom. The maximum atomic E-state index is 11.8. The molecule has 1 aliphatic rings. The summed E-state index contributed by atoms with van der Waals surface area (Å²) in [6, 6.07) is 5.59. The number of rotatable bonds is 3. The van der Waals surface area contributed by atoms with Crippen LogP contribution in [-0.4, -0.2) is 51.3 Å². The third kappa shape index (κ3) is 3.01. The van der Waals surface area contributed by atoms with Gasteiger partial charge < -0.3 is 15.1 Å². The van der Waals surface area contributed by atoms with Gasteiger partial charge in [0.25, 0.3) is 0 Å². The molecular formula is C12H16N2O3. The molecule has 5 heteroatoms. The number of aryl methyl sites for hydroxylation is 1. The fourth-order valence-corrected chi connectivity index (χ4v) is 1.91. The van der Waals surface area contributed by atoms with Gasteiger partial charge in [-0.1, -0.05) is 6.07 Å². The lowest BCUT2D eigenvalue weighted by Crippen LogP contribution is -2.30. The fourth-order valence-electron chi connectivity index (χ4n) is 1.91.